The second-order valence-electron chi connectivity index (χ2n) is 8.96. The highest BCUT2D eigenvalue weighted by Gasteiger charge is 2.42. The van der Waals surface area contributed by atoms with Crippen LogP contribution in [0.4, 0.5) is 21.5 Å². The lowest BCUT2D eigenvalue weighted by atomic mass is 10.0. The summed E-state index contributed by atoms with van der Waals surface area (Å²) in [5.41, 5.74) is 2.40. The zero-order chi connectivity index (χ0) is 25.3. The number of halogens is 1. The van der Waals surface area contributed by atoms with Gasteiger partial charge in [0.05, 0.1) is 5.69 Å². The summed E-state index contributed by atoms with van der Waals surface area (Å²) in [5.74, 6) is -1.29. The van der Waals surface area contributed by atoms with Gasteiger partial charge < -0.3 is 15.4 Å². The van der Waals surface area contributed by atoms with Gasteiger partial charge in [-0.3, -0.25) is 19.3 Å². The molecule has 3 aromatic rings. The van der Waals surface area contributed by atoms with E-state index >= 15 is 0 Å². The third-order valence-electron chi connectivity index (χ3n) is 5.79. The third kappa shape index (κ3) is 5.01. The number of hydrogen-bond acceptors (Lipinski definition) is 4. The summed E-state index contributed by atoms with van der Waals surface area (Å²) in [5, 5.41) is 5.59. The van der Waals surface area contributed by atoms with E-state index in [1.54, 1.807) is 26.0 Å². The lowest BCUT2D eigenvalue weighted by Crippen LogP contribution is -2.54. The van der Waals surface area contributed by atoms with Crippen molar-refractivity contribution in [2.24, 2.45) is 0 Å². The van der Waals surface area contributed by atoms with E-state index in [9.17, 15) is 18.8 Å². The highest BCUT2D eigenvalue weighted by atomic mass is 19.1. The number of anilines is 3. The van der Waals surface area contributed by atoms with Gasteiger partial charge in [-0.25, -0.2) is 4.39 Å². The lowest BCUT2D eigenvalue weighted by molar-refractivity contribution is -0.133. The first-order valence-electron chi connectivity index (χ1n) is 11.1. The Morgan fingerprint density at radius 1 is 0.971 bits per heavy atom. The van der Waals surface area contributed by atoms with Crippen LogP contribution in [0.25, 0.3) is 0 Å². The summed E-state index contributed by atoms with van der Waals surface area (Å²) >= 11 is 0. The topological polar surface area (TPSA) is 87.7 Å². The van der Waals surface area contributed by atoms with Gasteiger partial charge in [-0.05, 0) is 81.3 Å². The molecule has 0 bridgehead atoms. The van der Waals surface area contributed by atoms with Gasteiger partial charge in [-0.15, -0.1) is 0 Å². The largest absolute Gasteiger partial charge is 0.476 e. The number of ether oxygens (including phenoxy) is 1. The van der Waals surface area contributed by atoms with E-state index in [1.165, 1.54) is 35.2 Å². The van der Waals surface area contributed by atoms with E-state index in [0.29, 0.717) is 22.7 Å². The van der Waals surface area contributed by atoms with Crippen molar-refractivity contribution >= 4 is 34.8 Å². The van der Waals surface area contributed by atoms with Crippen molar-refractivity contribution in [2.75, 3.05) is 22.1 Å². The molecule has 0 fully saturated rings. The first-order chi connectivity index (χ1) is 16.5. The van der Waals surface area contributed by atoms with E-state index in [1.807, 2.05) is 32.0 Å². The van der Waals surface area contributed by atoms with Crippen LogP contribution in [0, 0.1) is 19.7 Å². The summed E-state index contributed by atoms with van der Waals surface area (Å²) in [6.45, 7) is 6.74. The minimum absolute atomic E-state index is 0.308. The van der Waals surface area contributed by atoms with E-state index < -0.39 is 23.2 Å². The zero-order valence-corrected chi connectivity index (χ0v) is 19.9. The summed E-state index contributed by atoms with van der Waals surface area (Å²) in [6.07, 6.45) is 0. The van der Waals surface area contributed by atoms with Gasteiger partial charge in [0.2, 0.25) is 5.91 Å². The van der Waals surface area contributed by atoms with Crippen LogP contribution in [0.2, 0.25) is 0 Å². The minimum Gasteiger partial charge on any atom is -0.476 e. The SMILES string of the molecule is Cc1cccc(C)c1NC(=O)c1ccc2c(c1)N(CC(=O)Nc1ccc(F)cc1)C(=O)C(C)(C)O2. The fourth-order valence-electron chi connectivity index (χ4n) is 3.94. The van der Waals surface area contributed by atoms with Gasteiger partial charge in [0.25, 0.3) is 11.8 Å². The van der Waals surface area contributed by atoms with Crippen LogP contribution in [-0.4, -0.2) is 29.9 Å². The Labute approximate surface area is 202 Å². The van der Waals surface area contributed by atoms with Crippen LogP contribution in [0.3, 0.4) is 0 Å². The molecular weight excluding hydrogens is 449 g/mol. The zero-order valence-electron chi connectivity index (χ0n) is 19.9. The standard InChI is InChI=1S/C27H26FN3O4/c1-16-6-5-7-17(2)24(16)30-25(33)18-8-13-22-21(14-18)31(26(34)27(3,4)35-22)15-23(32)29-20-11-9-19(28)10-12-20/h5-14H,15H2,1-4H3,(H,29,32)(H,30,33). The molecule has 0 atom stereocenters. The van der Waals surface area contributed by atoms with Crippen molar-refractivity contribution in [2.45, 2.75) is 33.3 Å². The first-order valence-corrected chi connectivity index (χ1v) is 11.1. The Morgan fingerprint density at radius 3 is 2.29 bits per heavy atom. The minimum atomic E-state index is -1.20. The maximum absolute atomic E-state index is 13.2. The van der Waals surface area contributed by atoms with Crippen molar-refractivity contribution in [3.05, 3.63) is 83.2 Å². The van der Waals surface area contributed by atoms with E-state index in [4.69, 9.17) is 4.74 Å². The quantitative estimate of drug-likeness (QED) is 0.553. The molecule has 0 aromatic heterocycles. The van der Waals surface area contributed by atoms with Gasteiger partial charge in [0.15, 0.2) is 5.60 Å². The van der Waals surface area contributed by atoms with Crippen molar-refractivity contribution < 1.29 is 23.5 Å². The Kier molecular flexibility index (Phi) is 6.30. The summed E-state index contributed by atoms with van der Waals surface area (Å²) in [6, 6.07) is 15.8. The van der Waals surface area contributed by atoms with Gasteiger partial charge in [0, 0.05) is 16.9 Å². The molecule has 0 saturated carbocycles. The maximum Gasteiger partial charge on any atom is 0.271 e. The number of amides is 3. The monoisotopic (exact) mass is 475 g/mol. The molecule has 0 aliphatic carbocycles. The predicted octanol–water partition coefficient (Wildman–Crippen LogP) is 4.84. The van der Waals surface area contributed by atoms with Gasteiger partial charge in [-0.1, -0.05) is 18.2 Å². The average Bonchev–Trinajstić information content (AvgIpc) is 2.80. The Bertz CT molecular complexity index is 1300. The number of aryl methyl sites for hydroxylation is 2. The van der Waals surface area contributed by atoms with Crippen LogP contribution in [0.15, 0.2) is 60.7 Å². The molecule has 0 unspecified atom stereocenters. The number of benzene rings is 3. The number of rotatable bonds is 5. The predicted molar refractivity (Wildman–Crippen MR) is 132 cm³/mol. The molecule has 4 rings (SSSR count). The summed E-state index contributed by atoms with van der Waals surface area (Å²) in [4.78, 5) is 40.3. The molecule has 0 radical (unpaired) electrons. The Hall–Kier alpha value is -4.20. The molecule has 0 saturated heterocycles. The molecule has 1 aliphatic heterocycles. The van der Waals surface area contributed by atoms with Gasteiger partial charge >= 0.3 is 0 Å². The fourth-order valence-corrected chi connectivity index (χ4v) is 3.94. The smallest absolute Gasteiger partial charge is 0.271 e. The van der Waals surface area contributed by atoms with Crippen LogP contribution in [0.1, 0.15) is 35.3 Å². The molecule has 35 heavy (non-hydrogen) atoms. The Balaban J connectivity index is 1.62. The molecule has 7 nitrogen and oxygen atoms in total. The van der Waals surface area contributed by atoms with Gasteiger partial charge in [0.1, 0.15) is 18.1 Å². The molecular formula is C27H26FN3O4. The molecule has 1 heterocycles. The third-order valence-corrected chi connectivity index (χ3v) is 5.79. The van der Waals surface area contributed by atoms with Crippen molar-refractivity contribution in [1.29, 1.82) is 0 Å². The molecule has 3 amide bonds. The second-order valence-corrected chi connectivity index (χ2v) is 8.96. The van der Waals surface area contributed by atoms with Crippen molar-refractivity contribution in [1.82, 2.24) is 0 Å². The summed E-state index contributed by atoms with van der Waals surface area (Å²) < 4.78 is 19.0. The second kappa shape index (κ2) is 9.21. The number of para-hydroxylation sites is 1. The van der Waals surface area contributed by atoms with Crippen LogP contribution in [0.5, 0.6) is 5.75 Å². The molecule has 3 aromatic carbocycles. The summed E-state index contributed by atoms with van der Waals surface area (Å²) in [7, 11) is 0. The van der Waals surface area contributed by atoms with Crippen molar-refractivity contribution in [3.63, 3.8) is 0 Å². The lowest BCUT2D eigenvalue weighted by Gasteiger charge is -2.38. The molecule has 1 aliphatic rings. The molecule has 2 N–H and O–H groups in total. The maximum atomic E-state index is 13.2. The number of carbonyl (C=O) groups excluding carboxylic acids is 3. The molecule has 8 heteroatoms. The first kappa shape index (κ1) is 23.9. The normalized spacial score (nSPS) is 14.1. The van der Waals surface area contributed by atoms with E-state index in [-0.39, 0.29) is 12.5 Å². The number of carbonyl (C=O) groups is 3. The van der Waals surface area contributed by atoms with Gasteiger partial charge in [-0.2, -0.15) is 0 Å². The highest BCUT2D eigenvalue weighted by Crippen LogP contribution is 2.38. The van der Waals surface area contributed by atoms with Crippen molar-refractivity contribution in [3.8, 4) is 5.75 Å². The molecule has 180 valence electrons. The fraction of sp³-hybridized carbons (Fsp3) is 0.222. The number of fused-ring (bicyclic) bond motifs is 1. The van der Waals surface area contributed by atoms with Crippen LogP contribution >= 0.6 is 0 Å². The van der Waals surface area contributed by atoms with E-state index in [2.05, 4.69) is 10.6 Å². The average molecular weight is 476 g/mol. The highest BCUT2D eigenvalue weighted by molar-refractivity contribution is 6.10. The number of nitrogens with zero attached hydrogens (tertiary/aromatic N) is 1. The van der Waals surface area contributed by atoms with Crippen LogP contribution < -0.4 is 20.3 Å². The Morgan fingerprint density at radius 2 is 1.63 bits per heavy atom. The molecule has 0 spiro atoms. The number of nitrogens with one attached hydrogen (secondary N) is 2. The number of hydrogen-bond donors (Lipinski definition) is 2. The van der Waals surface area contributed by atoms with E-state index in [0.717, 1.165) is 16.8 Å². The van der Waals surface area contributed by atoms with Crippen LogP contribution in [-0.2, 0) is 9.59 Å².